The van der Waals surface area contributed by atoms with Gasteiger partial charge in [0.25, 0.3) is 0 Å². The van der Waals surface area contributed by atoms with E-state index in [9.17, 15) is 0 Å². The molecule has 20 heavy (non-hydrogen) atoms. The third-order valence-electron chi connectivity index (χ3n) is 3.85. The van der Waals surface area contributed by atoms with Crippen LogP contribution in [0.25, 0.3) is 0 Å². The molecule has 0 amide bonds. The largest absolute Gasteiger partial charge is 0.489 e. The Labute approximate surface area is 122 Å². The van der Waals surface area contributed by atoms with Crippen molar-refractivity contribution in [3.8, 4) is 5.75 Å². The second-order valence-electron chi connectivity index (χ2n) is 6.09. The highest BCUT2D eigenvalue weighted by atomic mass is 16.5. The fraction of sp³-hybridized carbons (Fsp3) is 0.625. The summed E-state index contributed by atoms with van der Waals surface area (Å²) >= 11 is 0. The molecule has 1 heterocycles. The number of nitrogens with zero attached hydrogens (tertiary/aromatic N) is 2. The Balaban J connectivity index is 2.15. The maximum absolute atomic E-state index is 5.99. The average Bonchev–Trinajstić information content (AvgIpc) is 2.41. The summed E-state index contributed by atoms with van der Waals surface area (Å²) in [7, 11) is 4.31. The molecular weight excluding hydrogens is 250 g/mol. The molecule has 2 N–H and O–H groups in total. The van der Waals surface area contributed by atoms with Crippen LogP contribution in [-0.4, -0.2) is 44.2 Å². The molecule has 0 radical (unpaired) electrons. The molecular formula is C16H27N3O. The molecule has 4 heteroatoms. The van der Waals surface area contributed by atoms with Crippen LogP contribution in [0.1, 0.15) is 26.7 Å². The van der Waals surface area contributed by atoms with Crippen LogP contribution in [0.4, 0.5) is 11.4 Å². The number of nitrogens with two attached hydrogens (primary N) is 1. The Hall–Kier alpha value is -1.42. The predicted octanol–water partition coefficient (Wildman–Crippen LogP) is 2.59. The van der Waals surface area contributed by atoms with E-state index in [4.69, 9.17) is 10.5 Å². The third kappa shape index (κ3) is 3.57. The molecule has 1 fully saturated rings. The zero-order valence-corrected chi connectivity index (χ0v) is 13.1. The summed E-state index contributed by atoms with van der Waals surface area (Å²) in [6, 6.07) is 6.75. The van der Waals surface area contributed by atoms with Gasteiger partial charge in [-0.15, -0.1) is 0 Å². The van der Waals surface area contributed by atoms with Gasteiger partial charge in [0.15, 0.2) is 0 Å². The van der Waals surface area contributed by atoms with E-state index in [-0.39, 0.29) is 6.10 Å². The van der Waals surface area contributed by atoms with Gasteiger partial charge in [-0.3, -0.25) is 0 Å². The molecule has 0 aromatic heterocycles. The Kier molecular flexibility index (Phi) is 4.76. The first-order valence-corrected chi connectivity index (χ1v) is 7.45. The number of ether oxygens (including phenoxy) is 1. The average molecular weight is 277 g/mol. The Morgan fingerprint density at radius 3 is 2.75 bits per heavy atom. The standard InChI is InChI=1S/C16H27N3O/c1-12(2)20-16-10-13(7-8-15(16)17)19-9-5-6-14(11-19)18(3)4/h7-8,10,12,14H,5-6,9,11,17H2,1-4H3. The van der Waals surface area contributed by atoms with Crippen molar-refractivity contribution >= 4 is 11.4 Å². The lowest BCUT2D eigenvalue weighted by molar-refractivity contribution is 0.243. The second-order valence-corrected chi connectivity index (χ2v) is 6.09. The van der Waals surface area contributed by atoms with Gasteiger partial charge in [0.1, 0.15) is 5.75 Å². The molecule has 0 aliphatic carbocycles. The van der Waals surface area contributed by atoms with Crippen molar-refractivity contribution in [1.29, 1.82) is 0 Å². The molecule has 1 aliphatic rings. The molecule has 1 aromatic rings. The first-order chi connectivity index (χ1) is 9.47. The summed E-state index contributed by atoms with van der Waals surface area (Å²) < 4.78 is 5.79. The van der Waals surface area contributed by atoms with E-state index in [1.54, 1.807) is 0 Å². The van der Waals surface area contributed by atoms with Gasteiger partial charge >= 0.3 is 0 Å². The molecule has 1 aliphatic heterocycles. The minimum Gasteiger partial charge on any atom is -0.489 e. The maximum Gasteiger partial charge on any atom is 0.144 e. The van der Waals surface area contributed by atoms with Crippen molar-refractivity contribution in [2.24, 2.45) is 0 Å². The van der Waals surface area contributed by atoms with Crippen molar-refractivity contribution in [2.45, 2.75) is 38.8 Å². The topological polar surface area (TPSA) is 41.7 Å². The summed E-state index contributed by atoms with van der Waals surface area (Å²) in [4.78, 5) is 4.75. The first kappa shape index (κ1) is 15.0. The van der Waals surface area contributed by atoms with Gasteiger partial charge in [-0.25, -0.2) is 0 Å². The molecule has 0 bridgehead atoms. The van der Waals surface area contributed by atoms with E-state index in [1.807, 2.05) is 19.9 Å². The lowest BCUT2D eigenvalue weighted by Crippen LogP contribution is -2.45. The predicted molar refractivity (Wildman–Crippen MR) is 85.5 cm³/mol. The fourth-order valence-electron chi connectivity index (χ4n) is 2.69. The minimum absolute atomic E-state index is 0.142. The summed E-state index contributed by atoms with van der Waals surface area (Å²) in [6.07, 6.45) is 2.64. The van der Waals surface area contributed by atoms with Crippen LogP contribution >= 0.6 is 0 Å². The normalized spacial score (nSPS) is 19.7. The zero-order chi connectivity index (χ0) is 14.7. The van der Waals surface area contributed by atoms with Crippen LogP contribution in [0.15, 0.2) is 18.2 Å². The van der Waals surface area contributed by atoms with Gasteiger partial charge in [-0.2, -0.15) is 0 Å². The minimum atomic E-state index is 0.142. The molecule has 4 nitrogen and oxygen atoms in total. The van der Waals surface area contributed by atoms with Crippen LogP contribution in [0.2, 0.25) is 0 Å². The van der Waals surface area contributed by atoms with Crippen LogP contribution in [0.5, 0.6) is 5.75 Å². The number of likely N-dealkylation sites (N-methyl/N-ethyl adjacent to an activating group) is 1. The third-order valence-corrected chi connectivity index (χ3v) is 3.85. The van der Waals surface area contributed by atoms with E-state index in [0.29, 0.717) is 11.7 Å². The summed E-state index contributed by atoms with van der Waals surface area (Å²) in [5, 5.41) is 0. The van der Waals surface area contributed by atoms with Gasteiger partial charge in [-0.05, 0) is 52.9 Å². The number of rotatable bonds is 4. The number of piperidine rings is 1. The summed E-state index contributed by atoms with van der Waals surface area (Å²) in [5.74, 6) is 0.796. The lowest BCUT2D eigenvalue weighted by atomic mass is 10.0. The van der Waals surface area contributed by atoms with Crippen LogP contribution in [-0.2, 0) is 0 Å². The molecule has 0 saturated carbocycles. The molecule has 1 unspecified atom stereocenters. The van der Waals surface area contributed by atoms with Gasteiger partial charge < -0.3 is 20.3 Å². The van der Waals surface area contributed by atoms with Crippen molar-refractivity contribution in [2.75, 3.05) is 37.8 Å². The smallest absolute Gasteiger partial charge is 0.144 e. The van der Waals surface area contributed by atoms with Crippen molar-refractivity contribution < 1.29 is 4.74 Å². The Morgan fingerprint density at radius 1 is 1.35 bits per heavy atom. The van der Waals surface area contributed by atoms with Crippen LogP contribution in [0, 0.1) is 0 Å². The van der Waals surface area contributed by atoms with Gasteiger partial charge in [-0.1, -0.05) is 0 Å². The summed E-state index contributed by atoms with van der Waals surface area (Å²) in [6.45, 7) is 6.22. The van der Waals surface area contributed by atoms with Crippen LogP contribution < -0.4 is 15.4 Å². The monoisotopic (exact) mass is 277 g/mol. The van der Waals surface area contributed by atoms with E-state index >= 15 is 0 Å². The Bertz CT molecular complexity index is 445. The highest BCUT2D eigenvalue weighted by Gasteiger charge is 2.22. The number of hydrogen-bond donors (Lipinski definition) is 1. The van der Waals surface area contributed by atoms with E-state index in [2.05, 4.69) is 36.0 Å². The van der Waals surface area contributed by atoms with E-state index in [0.717, 1.165) is 18.8 Å². The first-order valence-electron chi connectivity index (χ1n) is 7.45. The van der Waals surface area contributed by atoms with Crippen molar-refractivity contribution in [3.05, 3.63) is 18.2 Å². The molecule has 112 valence electrons. The molecule has 1 atom stereocenters. The van der Waals surface area contributed by atoms with Crippen molar-refractivity contribution in [3.63, 3.8) is 0 Å². The second kappa shape index (κ2) is 6.35. The van der Waals surface area contributed by atoms with E-state index < -0.39 is 0 Å². The SMILES string of the molecule is CC(C)Oc1cc(N2CCCC(N(C)C)C2)ccc1N. The molecule has 1 saturated heterocycles. The molecule has 0 spiro atoms. The number of hydrogen-bond acceptors (Lipinski definition) is 4. The molecule has 1 aromatic carbocycles. The quantitative estimate of drug-likeness (QED) is 0.859. The lowest BCUT2D eigenvalue weighted by Gasteiger charge is -2.37. The Morgan fingerprint density at radius 2 is 2.10 bits per heavy atom. The fourth-order valence-corrected chi connectivity index (χ4v) is 2.69. The van der Waals surface area contributed by atoms with E-state index in [1.165, 1.54) is 18.5 Å². The highest BCUT2D eigenvalue weighted by molar-refractivity contribution is 5.62. The zero-order valence-electron chi connectivity index (χ0n) is 13.1. The highest BCUT2D eigenvalue weighted by Crippen LogP contribution is 2.30. The van der Waals surface area contributed by atoms with Crippen molar-refractivity contribution in [1.82, 2.24) is 4.90 Å². The maximum atomic E-state index is 5.99. The van der Waals surface area contributed by atoms with Gasteiger partial charge in [0.2, 0.25) is 0 Å². The van der Waals surface area contributed by atoms with Crippen LogP contribution in [0.3, 0.4) is 0 Å². The number of nitrogen functional groups attached to an aromatic ring is 1. The van der Waals surface area contributed by atoms with Gasteiger partial charge in [0.05, 0.1) is 11.8 Å². The molecule has 2 rings (SSSR count). The number of anilines is 2. The van der Waals surface area contributed by atoms with Gasteiger partial charge in [0, 0.05) is 30.9 Å². The number of benzene rings is 1. The summed E-state index contributed by atoms with van der Waals surface area (Å²) in [5.41, 5.74) is 7.91.